The molecule has 0 radical (unpaired) electrons. The summed E-state index contributed by atoms with van der Waals surface area (Å²) in [4.78, 5) is 29.8. The van der Waals surface area contributed by atoms with Crippen molar-refractivity contribution in [1.82, 2.24) is 4.90 Å². The first-order chi connectivity index (χ1) is 17.2. The van der Waals surface area contributed by atoms with Gasteiger partial charge in [-0.05, 0) is 43.9 Å². The third-order valence-corrected chi connectivity index (χ3v) is 9.57. The number of aliphatic hydroxyl groups is 1. The number of rotatable bonds is 6. The summed E-state index contributed by atoms with van der Waals surface area (Å²) >= 11 is 0. The Morgan fingerprint density at radius 2 is 2.00 bits per heavy atom. The van der Waals surface area contributed by atoms with Crippen molar-refractivity contribution in [2.45, 2.75) is 68.7 Å². The Morgan fingerprint density at radius 1 is 1.22 bits per heavy atom. The van der Waals surface area contributed by atoms with E-state index in [9.17, 15) is 14.7 Å². The van der Waals surface area contributed by atoms with Gasteiger partial charge >= 0.3 is 11.9 Å². The van der Waals surface area contributed by atoms with Gasteiger partial charge in [-0.15, -0.1) is 0 Å². The zero-order chi connectivity index (χ0) is 25.5. The van der Waals surface area contributed by atoms with Gasteiger partial charge in [-0.1, -0.05) is 25.1 Å². The summed E-state index contributed by atoms with van der Waals surface area (Å²) in [5, 5.41) is 12.8. The first-order valence-corrected chi connectivity index (χ1v) is 13.1. The minimum atomic E-state index is -1.62. The van der Waals surface area contributed by atoms with E-state index in [0.717, 1.165) is 43.8 Å². The lowest BCUT2D eigenvalue weighted by Gasteiger charge is -2.64. The molecule has 0 amide bonds. The maximum absolute atomic E-state index is 12.8. The number of nitrogens with zero attached hydrogens (tertiary/aromatic N) is 2. The van der Waals surface area contributed by atoms with Crippen LogP contribution in [0.4, 0.5) is 5.69 Å². The van der Waals surface area contributed by atoms with E-state index in [0.29, 0.717) is 6.42 Å². The van der Waals surface area contributed by atoms with Gasteiger partial charge < -0.3 is 24.2 Å². The van der Waals surface area contributed by atoms with Crippen LogP contribution >= 0.6 is 0 Å². The zero-order valence-corrected chi connectivity index (χ0v) is 21.5. The van der Waals surface area contributed by atoms with Gasteiger partial charge in [-0.2, -0.15) is 0 Å². The number of methoxy groups -OCH3 is 1. The molecular weight excluding hydrogens is 460 g/mol. The molecule has 2 saturated carbocycles. The molecule has 1 spiro atoms. The molecular formula is C28H36N2O6. The fourth-order valence-electron chi connectivity index (χ4n) is 8.23. The molecule has 36 heavy (non-hydrogen) atoms. The molecule has 8 nitrogen and oxygen atoms in total. The van der Waals surface area contributed by atoms with Crippen LogP contribution in [-0.4, -0.2) is 79.6 Å². The Balaban J connectivity index is 1.58. The van der Waals surface area contributed by atoms with Crippen molar-refractivity contribution in [3.63, 3.8) is 0 Å². The van der Waals surface area contributed by atoms with Crippen LogP contribution in [0.2, 0.25) is 0 Å². The van der Waals surface area contributed by atoms with Gasteiger partial charge in [0.05, 0.1) is 19.1 Å². The van der Waals surface area contributed by atoms with Gasteiger partial charge in [0, 0.05) is 49.1 Å². The van der Waals surface area contributed by atoms with E-state index in [-0.39, 0.29) is 24.5 Å². The van der Waals surface area contributed by atoms with Crippen molar-refractivity contribution in [2.75, 3.05) is 38.8 Å². The summed E-state index contributed by atoms with van der Waals surface area (Å²) in [5.74, 6) is -0.0732. The zero-order valence-electron chi connectivity index (χ0n) is 21.5. The van der Waals surface area contributed by atoms with Crippen LogP contribution in [0.3, 0.4) is 0 Å². The molecule has 194 valence electrons. The number of hydrogen-bond donors (Lipinski definition) is 1. The number of likely N-dealkylation sites (N-methyl/N-ethyl adjacent to an activating group) is 1. The van der Waals surface area contributed by atoms with Crippen molar-refractivity contribution in [2.24, 2.45) is 11.3 Å². The van der Waals surface area contributed by atoms with Crippen molar-refractivity contribution in [1.29, 1.82) is 0 Å². The number of carbonyl (C=O) groups is 2. The minimum absolute atomic E-state index is 0.0193. The maximum atomic E-state index is 12.8. The Labute approximate surface area is 212 Å². The van der Waals surface area contributed by atoms with E-state index in [1.54, 1.807) is 7.11 Å². The van der Waals surface area contributed by atoms with Gasteiger partial charge in [0.2, 0.25) is 0 Å². The highest BCUT2D eigenvalue weighted by atomic mass is 16.6. The molecule has 5 aliphatic rings. The highest BCUT2D eigenvalue weighted by molar-refractivity contribution is 5.75. The van der Waals surface area contributed by atoms with Crippen molar-refractivity contribution in [3.8, 4) is 5.75 Å². The lowest BCUT2D eigenvalue weighted by atomic mass is 9.48. The molecule has 1 aromatic carbocycles. The van der Waals surface area contributed by atoms with E-state index >= 15 is 0 Å². The van der Waals surface area contributed by atoms with Crippen LogP contribution in [0, 0.1) is 11.3 Å². The summed E-state index contributed by atoms with van der Waals surface area (Å²) < 4.78 is 17.5. The van der Waals surface area contributed by atoms with Gasteiger partial charge in [-0.3, -0.25) is 14.5 Å². The van der Waals surface area contributed by atoms with Gasteiger partial charge in [0.25, 0.3) is 0 Å². The summed E-state index contributed by atoms with van der Waals surface area (Å²) in [7, 11) is 3.63. The van der Waals surface area contributed by atoms with E-state index < -0.39 is 34.5 Å². The molecule has 1 N–H and O–H groups in total. The van der Waals surface area contributed by atoms with Gasteiger partial charge in [-0.25, -0.2) is 0 Å². The first kappa shape index (κ1) is 23.8. The molecule has 1 saturated heterocycles. The van der Waals surface area contributed by atoms with Crippen LogP contribution < -0.4 is 9.64 Å². The number of fused-ring (bicyclic) bond motifs is 1. The molecule has 2 unspecified atom stereocenters. The van der Waals surface area contributed by atoms with Crippen LogP contribution in [0.5, 0.6) is 5.75 Å². The van der Waals surface area contributed by atoms with E-state index in [2.05, 4.69) is 34.9 Å². The molecule has 1 aromatic rings. The van der Waals surface area contributed by atoms with Crippen molar-refractivity contribution >= 4 is 17.6 Å². The summed E-state index contributed by atoms with van der Waals surface area (Å²) in [6.07, 6.45) is 6.59. The van der Waals surface area contributed by atoms with Gasteiger partial charge in [0.1, 0.15) is 18.5 Å². The van der Waals surface area contributed by atoms with Crippen LogP contribution in [-0.2, 0) is 24.5 Å². The minimum Gasteiger partial charge on any atom is -0.497 e. The predicted molar refractivity (Wildman–Crippen MR) is 133 cm³/mol. The third-order valence-electron chi connectivity index (χ3n) is 9.57. The van der Waals surface area contributed by atoms with E-state index in [1.807, 2.05) is 19.2 Å². The highest BCUT2D eigenvalue weighted by Gasteiger charge is 2.78. The second kappa shape index (κ2) is 7.96. The Bertz CT molecular complexity index is 1130. The Kier molecular flexibility index (Phi) is 5.26. The molecule has 3 heterocycles. The summed E-state index contributed by atoms with van der Waals surface area (Å²) in [5.41, 5.74) is -0.531. The van der Waals surface area contributed by atoms with Crippen LogP contribution in [0.1, 0.15) is 45.1 Å². The maximum Gasteiger partial charge on any atom is 0.309 e. The first-order valence-electron chi connectivity index (χ1n) is 13.1. The fourth-order valence-corrected chi connectivity index (χ4v) is 8.23. The number of hydrogen-bond acceptors (Lipinski definition) is 8. The third kappa shape index (κ3) is 2.94. The quantitative estimate of drug-likeness (QED) is 0.475. The molecule has 3 aliphatic heterocycles. The monoisotopic (exact) mass is 496 g/mol. The number of benzene rings is 1. The average Bonchev–Trinajstić information content (AvgIpc) is 3.61. The molecule has 6 rings (SSSR count). The summed E-state index contributed by atoms with van der Waals surface area (Å²) in [6.45, 7) is 4.96. The standard InChI is InChI=1S/C28H36N2O6/c1-5-26-11-6-13-30-14-12-27(23(26)30)20-10-9-19(34-4)15-21(20)29(3)24(27)28(33,25(26)36-17(2)31)16-35-22(32)18-7-8-18/h6,9-11,15,18,23-25,33H,5,7-8,12-14,16H2,1-4H3/t23?,24-,25-,26-,27-,28?/m1/s1. The lowest BCUT2D eigenvalue weighted by molar-refractivity contribution is -0.232. The van der Waals surface area contributed by atoms with Crippen molar-refractivity contribution in [3.05, 3.63) is 35.9 Å². The molecule has 0 aromatic heterocycles. The second-order valence-corrected chi connectivity index (χ2v) is 11.3. The number of carbonyl (C=O) groups excluding carboxylic acids is 2. The molecule has 2 aliphatic carbocycles. The SMILES string of the molecule is CC[C@]12C=CCN3CC[C@@]4(c5ccc(OC)cc5N(C)[C@H]4C(O)(COC(=O)C4CC4)[C@@H]1OC(C)=O)C32. The lowest BCUT2D eigenvalue weighted by Crippen LogP contribution is -2.80. The highest BCUT2D eigenvalue weighted by Crippen LogP contribution is 2.67. The normalized spacial score (nSPS) is 38.2. The molecule has 8 heteroatoms. The predicted octanol–water partition coefficient (Wildman–Crippen LogP) is 2.42. The van der Waals surface area contributed by atoms with Crippen LogP contribution in [0.15, 0.2) is 30.4 Å². The van der Waals surface area contributed by atoms with Crippen molar-refractivity contribution < 1.29 is 28.9 Å². The Hall–Kier alpha value is -2.58. The second-order valence-electron chi connectivity index (χ2n) is 11.3. The summed E-state index contributed by atoms with van der Waals surface area (Å²) in [6, 6.07) is 5.71. The molecule has 3 fully saturated rings. The Morgan fingerprint density at radius 3 is 2.67 bits per heavy atom. The fraction of sp³-hybridized carbons (Fsp3) is 0.643. The van der Waals surface area contributed by atoms with Gasteiger partial charge in [0.15, 0.2) is 5.60 Å². The van der Waals surface area contributed by atoms with Crippen LogP contribution in [0.25, 0.3) is 0 Å². The number of esters is 2. The molecule has 6 atom stereocenters. The molecule has 0 bridgehead atoms. The average molecular weight is 497 g/mol. The topological polar surface area (TPSA) is 88.5 Å². The number of anilines is 1. The smallest absolute Gasteiger partial charge is 0.309 e. The largest absolute Gasteiger partial charge is 0.497 e. The number of ether oxygens (including phenoxy) is 3. The van der Waals surface area contributed by atoms with E-state index in [4.69, 9.17) is 14.2 Å². The van der Waals surface area contributed by atoms with E-state index in [1.165, 1.54) is 12.5 Å².